The van der Waals surface area contributed by atoms with Gasteiger partial charge >= 0.3 is 0 Å². The summed E-state index contributed by atoms with van der Waals surface area (Å²) < 4.78 is 78.3. The summed E-state index contributed by atoms with van der Waals surface area (Å²) in [6, 6.07) is 2.99. The van der Waals surface area contributed by atoms with Crippen LogP contribution in [-0.4, -0.2) is 40.8 Å². The van der Waals surface area contributed by atoms with Gasteiger partial charge in [-0.2, -0.15) is 4.31 Å². The van der Waals surface area contributed by atoms with Crippen LogP contribution in [0.25, 0.3) is 0 Å². The molecule has 1 N–H and O–H groups in total. The van der Waals surface area contributed by atoms with E-state index in [1.807, 2.05) is 0 Å². The molecule has 0 saturated carbocycles. The van der Waals surface area contributed by atoms with Crippen molar-refractivity contribution in [3.05, 3.63) is 41.8 Å². The van der Waals surface area contributed by atoms with Crippen LogP contribution in [0.1, 0.15) is 12.8 Å². The number of nitrogens with zero attached hydrogens (tertiary/aromatic N) is 1. The first-order chi connectivity index (χ1) is 11.2. The van der Waals surface area contributed by atoms with E-state index in [4.69, 9.17) is 0 Å². The van der Waals surface area contributed by atoms with Crippen LogP contribution in [0.3, 0.4) is 0 Å². The maximum absolute atomic E-state index is 13.8. The molecule has 6 nitrogen and oxygen atoms in total. The molecule has 1 heterocycles. The summed E-state index contributed by atoms with van der Waals surface area (Å²) in [5.74, 6) is -2.91. The molecule has 1 aromatic rings. The van der Waals surface area contributed by atoms with Crippen molar-refractivity contribution in [3.63, 3.8) is 0 Å². The van der Waals surface area contributed by atoms with Crippen LogP contribution in [0.5, 0.6) is 0 Å². The van der Waals surface area contributed by atoms with Gasteiger partial charge in [-0.1, -0.05) is 12.6 Å². The molecule has 0 aromatic heterocycles. The molecule has 0 unspecified atom stereocenters. The lowest BCUT2D eigenvalue weighted by Gasteiger charge is -2.32. The molecule has 134 valence electrons. The summed E-state index contributed by atoms with van der Waals surface area (Å²) in [6.45, 7) is 3.42. The highest BCUT2D eigenvalue weighted by Gasteiger charge is 2.33. The number of piperidine rings is 1. The standard InChI is InChI=1S/C14H18F2N2O4S2/c1-2-23(19,20)17-9-11-5-4-8-18(10-11)24(21,22)13-7-3-6-12(15)14(13)16/h2-3,6-7,11,17H,1,4-5,8-10H2/t11-/m1/s1. The van der Waals surface area contributed by atoms with Gasteiger partial charge in [0, 0.05) is 25.0 Å². The largest absolute Gasteiger partial charge is 0.246 e. The molecule has 0 spiro atoms. The Labute approximate surface area is 140 Å². The third kappa shape index (κ3) is 4.18. The Kier molecular flexibility index (Phi) is 5.74. The fraction of sp³-hybridized carbons (Fsp3) is 0.429. The number of hydrogen-bond acceptors (Lipinski definition) is 4. The minimum absolute atomic E-state index is 0.0257. The van der Waals surface area contributed by atoms with Gasteiger partial charge in [0.05, 0.1) is 0 Å². The van der Waals surface area contributed by atoms with Crippen molar-refractivity contribution in [3.8, 4) is 0 Å². The molecule has 0 amide bonds. The van der Waals surface area contributed by atoms with Crippen LogP contribution in [0.4, 0.5) is 8.78 Å². The molecule has 0 radical (unpaired) electrons. The fourth-order valence-electron chi connectivity index (χ4n) is 2.53. The van der Waals surface area contributed by atoms with Crippen LogP contribution in [0, 0.1) is 17.6 Å². The summed E-state index contributed by atoms with van der Waals surface area (Å²) in [7, 11) is -7.79. The molecule has 1 aliphatic heterocycles. The molecule has 0 bridgehead atoms. The average Bonchev–Trinajstić information content (AvgIpc) is 2.56. The van der Waals surface area contributed by atoms with Gasteiger partial charge in [0.2, 0.25) is 20.0 Å². The normalized spacial score (nSPS) is 20.0. The van der Waals surface area contributed by atoms with Crippen LogP contribution in [-0.2, 0) is 20.0 Å². The first kappa shape index (κ1) is 19.0. The van der Waals surface area contributed by atoms with E-state index in [1.54, 1.807) is 0 Å². The average molecular weight is 380 g/mol. The van der Waals surface area contributed by atoms with Crippen molar-refractivity contribution < 1.29 is 25.6 Å². The number of sulfonamides is 2. The Hall–Kier alpha value is -1.36. The number of halogens is 2. The summed E-state index contributed by atoms with van der Waals surface area (Å²) in [5.41, 5.74) is 0. The van der Waals surface area contributed by atoms with Crippen molar-refractivity contribution in [1.29, 1.82) is 0 Å². The minimum Gasteiger partial charge on any atom is -0.211 e. The maximum Gasteiger partial charge on any atom is 0.246 e. The van der Waals surface area contributed by atoms with Gasteiger partial charge in [0.15, 0.2) is 11.6 Å². The van der Waals surface area contributed by atoms with E-state index in [1.165, 1.54) is 0 Å². The summed E-state index contributed by atoms with van der Waals surface area (Å²) in [5, 5.41) is 0.770. The van der Waals surface area contributed by atoms with E-state index in [0.29, 0.717) is 12.8 Å². The summed E-state index contributed by atoms with van der Waals surface area (Å²) in [6.07, 6.45) is 1.12. The molecule has 10 heteroatoms. The topological polar surface area (TPSA) is 83.6 Å². The Morgan fingerprint density at radius 2 is 2.00 bits per heavy atom. The van der Waals surface area contributed by atoms with E-state index >= 15 is 0 Å². The predicted octanol–water partition coefficient (Wildman–Crippen LogP) is 1.43. The Morgan fingerprint density at radius 1 is 1.29 bits per heavy atom. The van der Waals surface area contributed by atoms with Crippen LogP contribution < -0.4 is 4.72 Å². The second-order valence-corrected chi connectivity index (χ2v) is 9.10. The first-order valence-corrected chi connectivity index (χ1v) is 10.2. The van der Waals surface area contributed by atoms with Crippen molar-refractivity contribution in [2.45, 2.75) is 17.7 Å². The van der Waals surface area contributed by atoms with E-state index in [2.05, 4.69) is 11.3 Å². The third-order valence-corrected chi connectivity index (χ3v) is 6.70. The van der Waals surface area contributed by atoms with Gasteiger partial charge in [-0.15, -0.1) is 0 Å². The van der Waals surface area contributed by atoms with Crippen molar-refractivity contribution >= 4 is 20.0 Å². The number of benzene rings is 1. The van der Waals surface area contributed by atoms with Crippen molar-refractivity contribution in [2.75, 3.05) is 19.6 Å². The SMILES string of the molecule is C=CS(=O)(=O)NC[C@H]1CCCN(S(=O)(=O)c2cccc(F)c2F)C1. The van der Waals surface area contributed by atoms with Crippen LogP contribution in [0.2, 0.25) is 0 Å². The van der Waals surface area contributed by atoms with E-state index < -0.39 is 36.6 Å². The Bertz CT molecular complexity index is 825. The Balaban J connectivity index is 2.16. The predicted molar refractivity (Wildman–Crippen MR) is 85.0 cm³/mol. The monoisotopic (exact) mass is 380 g/mol. The smallest absolute Gasteiger partial charge is 0.211 e. The highest BCUT2D eigenvalue weighted by molar-refractivity contribution is 7.92. The Morgan fingerprint density at radius 3 is 2.67 bits per heavy atom. The van der Waals surface area contributed by atoms with Gasteiger partial charge in [-0.25, -0.2) is 30.3 Å². The number of nitrogens with one attached hydrogen (secondary N) is 1. The van der Waals surface area contributed by atoms with Crippen molar-refractivity contribution in [2.24, 2.45) is 5.92 Å². The lowest BCUT2D eigenvalue weighted by Crippen LogP contribution is -2.43. The lowest BCUT2D eigenvalue weighted by molar-refractivity contribution is 0.266. The van der Waals surface area contributed by atoms with Gasteiger partial charge < -0.3 is 0 Å². The molecule has 1 aromatic carbocycles. The van der Waals surface area contributed by atoms with Gasteiger partial charge in [-0.3, -0.25) is 0 Å². The van der Waals surface area contributed by atoms with E-state index in [9.17, 15) is 25.6 Å². The van der Waals surface area contributed by atoms with E-state index in [-0.39, 0.29) is 25.6 Å². The van der Waals surface area contributed by atoms with Gasteiger partial charge in [0.1, 0.15) is 4.90 Å². The highest BCUT2D eigenvalue weighted by atomic mass is 32.2. The zero-order chi connectivity index (χ0) is 18.0. The molecule has 1 saturated heterocycles. The quantitative estimate of drug-likeness (QED) is 0.809. The third-order valence-electron chi connectivity index (χ3n) is 3.81. The zero-order valence-electron chi connectivity index (χ0n) is 12.8. The van der Waals surface area contributed by atoms with Crippen LogP contribution >= 0.6 is 0 Å². The molecule has 2 rings (SSSR count). The molecule has 24 heavy (non-hydrogen) atoms. The molecule has 1 fully saturated rings. The number of rotatable bonds is 6. The molecule has 0 aliphatic carbocycles. The second kappa shape index (κ2) is 7.26. The van der Waals surface area contributed by atoms with Gasteiger partial charge in [0.25, 0.3) is 0 Å². The molecule has 1 aliphatic rings. The van der Waals surface area contributed by atoms with E-state index in [0.717, 1.165) is 27.9 Å². The summed E-state index contributed by atoms with van der Waals surface area (Å²) >= 11 is 0. The second-order valence-electron chi connectivity index (χ2n) is 5.48. The molecule has 1 atom stereocenters. The lowest BCUT2D eigenvalue weighted by atomic mass is 10.0. The zero-order valence-corrected chi connectivity index (χ0v) is 14.4. The maximum atomic E-state index is 13.8. The summed E-state index contributed by atoms with van der Waals surface area (Å²) in [4.78, 5) is -0.713. The number of hydrogen-bond donors (Lipinski definition) is 1. The highest BCUT2D eigenvalue weighted by Crippen LogP contribution is 2.26. The minimum atomic E-state index is -4.19. The fourth-order valence-corrected chi connectivity index (χ4v) is 4.74. The van der Waals surface area contributed by atoms with Crippen molar-refractivity contribution in [1.82, 2.24) is 9.03 Å². The van der Waals surface area contributed by atoms with Crippen LogP contribution in [0.15, 0.2) is 35.1 Å². The first-order valence-electron chi connectivity index (χ1n) is 7.23. The molecular formula is C14H18F2N2O4S2. The molecular weight excluding hydrogens is 362 g/mol. The van der Waals surface area contributed by atoms with Gasteiger partial charge in [-0.05, 0) is 30.9 Å².